The molecule has 2 atom stereocenters. The number of nitrogens with zero attached hydrogens (tertiary/aromatic N) is 1. The number of carbonyl (C=O) groups is 1. The van der Waals surface area contributed by atoms with Crippen molar-refractivity contribution in [2.24, 2.45) is 11.8 Å². The Morgan fingerprint density at radius 3 is 2.35 bits per heavy atom. The van der Waals surface area contributed by atoms with Crippen molar-refractivity contribution >= 4 is 31.9 Å². The first-order valence-electron chi connectivity index (χ1n) is 7.81. The van der Waals surface area contributed by atoms with Gasteiger partial charge in [-0.2, -0.15) is 0 Å². The quantitative estimate of drug-likeness (QED) is 0.822. The molecule has 0 spiro atoms. The third-order valence-corrected chi connectivity index (χ3v) is 5.98. The summed E-state index contributed by atoms with van der Waals surface area (Å²) in [6, 6.07) is 6.41. The van der Waals surface area contributed by atoms with Crippen LogP contribution in [0, 0.1) is 11.8 Å². The Morgan fingerprint density at radius 2 is 1.78 bits per heavy atom. The number of nitrogens with one attached hydrogen (secondary N) is 1. The summed E-state index contributed by atoms with van der Waals surface area (Å²) < 4.78 is 27.6. The van der Waals surface area contributed by atoms with Crippen molar-refractivity contribution in [1.29, 1.82) is 0 Å². The van der Waals surface area contributed by atoms with Crippen LogP contribution < -0.4 is 4.72 Å². The van der Waals surface area contributed by atoms with Gasteiger partial charge in [0.2, 0.25) is 15.9 Å². The fourth-order valence-corrected chi connectivity index (χ4v) is 4.31. The SMILES string of the molecule is C[C@H]1C[C@H](C)CN(C(=O)CCNS(=O)(=O)c2ccc(Br)cc2)C1. The van der Waals surface area contributed by atoms with E-state index in [0.717, 1.165) is 24.0 Å². The maximum Gasteiger partial charge on any atom is 0.240 e. The fourth-order valence-electron chi connectivity index (χ4n) is 3.01. The molecular weight excluding hydrogens is 380 g/mol. The monoisotopic (exact) mass is 402 g/mol. The number of sulfonamides is 1. The minimum absolute atomic E-state index is 0.0157. The van der Waals surface area contributed by atoms with E-state index in [-0.39, 0.29) is 23.8 Å². The van der Waals surface area contributed by atoms with E-state index in [4.69, 9.17) is 0 Å². The number of hydrogen-bond donors (Lipinski definition) is 1. The molecule has 1 heterocycles. The van der Waals surface area contributed by atoms with E-state index in [1.807, 2.05) is 4.90 Å². The van der Waals surface area contributed by atoms with Crippen LogP contribution in [0.1, 0.15) is 26.7 Å². The summed E-state index contributed by atoms with van der Waals surface area (Å²) in [4.78, 5) is 14.3. The molecule has 0 unspecified atom stereocenters. The van der Waals surface area contributed by atoms with Gasteiger partial charge in [-0.25, -0.2) is 13.1 Å². The van der Waals surface area contributed by atoms with E-state index >= 15 is 0 Å². The highest BCUT2D eigenvalue weighted by Gasteiger charge is 2.25. The van der Waals surface area contributed by atoms with E-state index in [0.29, 0.717) is 11.8 Å². The smallest absolute Gasteiger partial charge is 0.240 e. The predicted octanol–water partition coefficient (Wildman–Crippen LogP) is 2.62. The van der Waals surface area contributed by atoms with Gasteiger partial charge in [0.25, 0.3) is 0 Å². The molecule has 23 heavy (non-hydrogen) atoms. The van der Waals surface area contributed by atoms with Crippen LogP contribution in [0.5, 0.6) is 0 Å². The lowest BCUT2D eigenvalue weighted by Gasteiger charge is -2.35. The standard InChI is InChI=1S/C16H23BrN2O3S/c1-12-9-13(2)11-19(10-12)16(20)7-8-18-23(21,22)15-5-3-14(17)4-6-15/h3-6,12-13,18H,7-11H2,1-2H3/t12-,13-/m0/s1. The molecule has 1 amide bonds. The number of piperidine rings is 1. The molecule has 2 rings (SSSR count). The first kappa shape index (κ1) is 18.4. The number of halogens is 1. The maximum absolute atomic E-state index is 12.2. The van der Waals surface area contributed by atoms with Gasteiger partial charge in [-0.15, -0.1) is 0 Å². The highest BCUT2D eigenvalue weighted by atomic mass is 79.9. The predicted molar refractivity (Wildman–Crippen MR) is 93.5 cm³/mol. The second kappa shape index (κ2) is 7.77. The zero-order chi connectivity index (χ0) is 17.0. The normalized spacial score (nSPS) is 22.1. The van der Waals surface area contributed by atoms with E-state index in [2.05, 4.69) is 34.5 Å². The number of amides is 1. The van der Waals surface area contributed by atoms with Crippen molar-refractivity contribution in [2.45, 2.75) is 31.6 Å². The second-order valence-electron chi connectivity index (χ2n) is 6.35. The Labute approximate surface area is 146 Å². The minimum atomic E-state index is -3.57. The van der Waals surface area contributed by atoms with Crippen molar-refractivity contribution in [3.05, 3.63) is 28.7 Å². The van der Waals surface area contributed by atoms with Crippen molar-refractivity contribution in [3.63, 3.8) is 0 Å². The van der Waals surface area contributed by atoms with Gasteiger partial charge in [-0.05, 0) is 42.5 Å². The molecule has 0 saturated carbocycles. The van der Waals surface area contributed by atoms with Crippen LogP contribution in [0.2, 0.25) is 0 Å². The van der Waals surface area contributed by atoms with Crippen molar-refractivity contribution in [3.8, 4) is 0 Å². The van der Waals surface area contributed by atoms with Gasteiger partial charge >= 0.3 is 0 Å². The van der Waals surface area contributed by atoms with Crippen LogP contribution in [0.3, 0.4) is 0 Å². The molecule has 0 aromatic heterocycles. The van der Waals surface area contributed by atoms with Gasteiger partial charge in [0.15, 0.2) is 0 Å². The highest BCUT2D eigenvalue weighted by Crippen LogP contribution is 2.21. The van der Waals surface area contributed by atoms with Crippen LogP contribution in [-0.2, 0) is 14.8 Å². The molecule has 1 N–H and O–H groups in total. The number of benzene rings is 1. The Bertz CT molecular complexity index is 636. The van der Waals surface area contributed by atoms with Crippen molar-refractivity contribution in [2.75, 3.05) is 19.6 Å². The first-order chi connectivity index (χ1) is 10.8. The summed E-state index contributed by atoms with van der Waals surface area (Å²) >= 11 is 3.27. The largest absolute Gasteiger partial charge is 0.342 e. The molecule has 7 heteroatoms. The molecule has 5 nitrogen and oxygen atoms in total. The van der Waals surface area contributed by atoms with Crippen molar-refractivity contribution in [1.82, 2.24) is 9.62 Å². The number of carbonyl (C=O) groups excluding carboxylic acids is 1. The van der Waals surface area contributed by atoms with Gasteiger partial charge in [0.05, 0.1) is 4.90 Å². The van der Waals surface area contributed by atoms with Crippen LogP contribution in [-0.4, -0.2) is 38.9 Å². The van der Waals surface area contributed by atoms with Gasteiger partial charge in [-0.3, -0.25) is 4.79 Å². The molecule has 0 aliphatic carbocycles. The lowest BCUT2D eigenvalue weighted by molar-refractivity contribution is -0.133. The second-order valence-corrected chi connectivity index (χ2v) is 9.03. The molecule has 0 bridgehead atoms. The van der Waals surface area contributed by atoms with Gasteiger partial charge < -0.3 is 4.90 Å². The van der Waals surface area contributed by atoms with Crippen LogP contribution in [0.4, 0.5) is 0 Å². The maximum atomic E-state index is 12.2. The molecule has 128 valence electrons. The van der Waals surface area contributed by atoms with Gasteiger partial charge in [0.1, 0.15) is 0 Å². The average Bonchev–Trinajstić information content (AvgIpc) is 2.46. The van der Waals surface area contributed by atoms with E-state index in [9.17, 15) is 13.2 Å². The molecule has 1 aliphatic heterocycles. The fraction of sp³-hybridized carbons (Fsp3) is 0.562. The van der Waals surface area contributed by atoms with Crippen LogP contribution in [0.25, 0.3) is 0 Å². The Hall–Kier alpha value is -0.920. The third-order valence-electron chi connectivity index (χ3n) is 3.98. The Morgan fingerprint density at radius 1 is 1.22 bits per heavy atom. The molecule has 1 aromatic rings. The van der Waals surface area contributed by atoms with E-state index in [1.165, 1.54) is 12.1 Å². The number of likely N-dealkylation sites (tertiary alicyclic amines) is 1. The minimum Gasteiger partial charge on any atom is -0.342 e. The summed E-state index contributed by atoms with van der Waals surface area (Å²) in [7, 11) is -3.57. The zero-order valence-electron chi connectivity index (χ0n) is 13.5. The lowest BCUT2D eigenvalue weighted by atomic mass is 9.92. The molecule has 1 fully saturated rings. The summed E-state index contributed by atoms with van der Waals surface area (Å²) in [5.74, 6) is 1.02. The number of rotatable bonds is 5. The van der Waals surface area contributed by atoms with E-state index in [1.54, 1.807) is 12.1 Å². The topological polar surface area (TPSA) is 66.5 Å². The summed E-state index contributed by atoms with van der Waals surface area (Å²) in [5, 5.41) is 0. The molecule has 1 aromatic carbocycles. The van der Waals surface area contributed by atoms with Gasteiger partial charge in [0, 0.05) is 30.5 Å². The van der Waals surface area contributed by atoms with E-state index < -0.39 is 10.0 Å². The number of hydrogen-bond acceptors (Lipinski definition) is 3. The van der Waals surface area contributed by atoms with Crippen LogP contribution in [0.15, 0.2) is 33.6 Å². The third kappa shape index (κ3) is 5.29. The highest BCUT2D eigenvalue weighted by molar-refractivity contribution is 9.10. The molecule has 1 aliphatic rings. The lowest BCUT2D eigenvalue weighted by Crippen LogP contribution is -2.43. The molecule has 0 radical (unpaired) electrons. The molecule has 1 saturated heterocycles. The summed E-state index contributed by atoms with van der Waals surface area (Å²) in [6.07, 6.45) is 1.33. The molecular formula is C16H23BrN2O3S. The Balaban J connectivity index is 1.86. The van der Waals surface area contributed by atoms with Crippen molar-refractivity contribution < 1.29 is 13.2 Å². The average molecular weight is 403 g/mol. The first-order valence-corrected chi connectivity index (χ1v) is 10.1. The van der Waals surface area contributed by atoms with Gasteiger partial charge in [-0.1, -0.05) is 29.8 Å². The Kier molecular flexibility index (Phi) is 6.22. The summed E-state index contributed by atoms with van der Waals surface area (Å²) in [6.45, 7) is 5.94. The summed E-state index contributed by atoms with van der Waals surface area (Å²) in [5.41, 5.74) is 0. The van der Waals surface area contributed by atoms with Crippen LogP contribution >= 0.6 is 15.9 Å². The zero-order valence-corrected chi connectivity index (χ0v) is 15.9.